The third-order valence-corrected chi connectivity index (χ3v) is 13.7. The Bertz CT molecular complexity index is 3620. The van der Waals surface area contributed by atoms with Gasteiger partial charge in [-0.25, -0.2) is 0 Å². The van der Waals surface area contributed by atoms with Gasteiger partial charge in [0.15, 0.2) is 11.6 Å². The molecule has 0 saturated carbocycles. The third kappa shape index (κ3) is 6.17. The van der Waals surface area contributed by atoms with E-state index < -0.39 is 5.41 Å². The highest BCUT2D eigenvalue weighted by Crippen LogP contribution is 2.58. The molecule has 5 heteroatoms. The van der Waals surface area contributed by atoms with Crippen molar-refractivity contribution in [3.8, 4) is 45.3 Å². The summed E-state index contributed by atoms with van der Waals surface area (Å²) < 4.78 is 4.60. The van der Waals surface area contributed by atoms with E-state index >= 15 is 0 Å². The van der Waals surface area contributed by atoms with Gasteiger partial charge in [0, 0.05) is 50.3 Å². The van der Waals surface area contributed by atoms with Crippen LogP contribution >= 0.6 is 0 Å². The van der Waals surface area contributed by atoms with Crippen molar-refractivity contribution in [3.05, 3.63) is 283 Å². The Kier molecular flexibility index (Phi) is 9.32. The van der Waals surface area contributed by atoms with E-state index in [1.165, 1.54) is 55.2 Å². The standard InChI is InChI=1S/C63H43N5/c1-6-20-44(21-7-1)61-64-65-62(45-22-8-2-9-23-45)68(61)52-39-41-54-53-40-38-51(42-57(53)63(58(54)43-52,46-24-10-3-11-25-46)47-26-12-4-13-27-47)66(48-28-14-5-15-29-48)49-34-36-50(37-35-49)67-59-32-18-16-30-55(59)56-31-17-19-33-60(56)67/h1-43H. The highest BCUT2D eigenvalue weighted by molar-refractivity contribution is 6.09. The van der Waals surface area contributed by atoms with Crippen molar-refractivity contribution >= 4 is 38.9 Å². The van der Waals surface area contributed by atoms with E-state index in [9.17, 15) is 0 Å². The second-order valence-corrected chi connectivity index (χ2v) is 17.4. The van der Waals surface area contributed by atoms with Gasteiger partial charge in [-0.15, -0.1) is 10.2 Å². The first-order valence-corrected chi connectivity index (χ1v) is 23.2. The Balaban J connectivity index is 1.02. The molecule has 1 aliphatic rings. The van der Waals surface area contributed by atoms with Crippen LogP contribution in [0.1, 0.15) is 22.3 Å². The highest BCUT2D eigenvalue weighted by atomic mass is 15.3. The Morgan fingerprint density at radius 1 is 0.324 bits per heavy atom. The summed E-state index contributed by atoms with van der Waals surface area (Å²) in [5, 5.41) is 12.2. The Morgan fingerprint density at radius 3 is 1.28 bits per heavy atom. The average Bonchev–Trinajstić information content (AvgIpc) is 4.10. The molecule has 0 N–H and O–H groups in total. The van der Waals surface area contributed by atoms with Crippen LogP contribution in [0.5, 0.6) is 0 Å². The Labute approximate surface area is 395 Å². The zero-order valence-electron chi connectivity index (χ0n) is 37.1. The number of hydrogen-bond donors (Lipinski definition) is 0. The first-order chi connectivity index (χ1) is 33.8. The molecule has 5 nitrogen and oxygen atoms in total. The van der Waals surface area contributed by atoms with Gasteiger partial charge in [0.2, 0.25) is 0 Å². The van der Waals surface area contributed by atoms with E-state index in [2.05, 4.69) is 263 Å². The molecule has 0 saturated heterocycles. The first-order valence-electron chi connectivity index (χ1n) is 23.2. The molecule has 0 aliphatic heterocycles. The van der Waals surface area contributed by atoms with Gasteiger partial charge < -0.3 is 9.47 Å². The van der Waals surface area contributed by atoms with Crippen molar-refractivity contribution in [3.63, 3.8) is 0 Å². The number of fused-ring (bicyclic) bond motifs is 6. The molecule has 0 unspecified atom stereocenters. The lowest BCUT2D eigenvalue weighted by Crippen LogP contribution is -2.29. The van der Waals surface area contributed by atoms with Crippen LogP contribution in [0.15, 0.2) is 261 Å². The molecule has 0 bridgehead atoms. The van der Waals surface area contributed by atoms with Gasteiger partial charge in [-0.2, -0.15) is 0 Å². The number of nitrogens with zero attached hydrogens (tertiary/aromatic N) is 5. The van der Waals surface area contributed by atoms with Crippen LogP contribution in [-0.4, -0.2) is 19.3 Å². The molecule has 68 heavy (non-hydrogen) atoms. The molecule has 2 heterocycles. The lowest BCUT2D eigenvalue weighted by Gasteiger charge is -2.35. The molecule has 12 aromatic rings. The van der Waals surface area contributed by atoms with E-state index in [1.54, 1.807) is 0 Å². The molecule has 1 aliphatic carbocycles. The Hall–Kier alpha value is -9.06. The fourth-order valence-electron chi connectivity index (χ4n) is 10.8. The minimum absolute atomic E-state index is 0.685. The minimum Gasteiger partial charge on any atom is -0.310 e. The normalized spacial score (nSPS) is 12.5. The zero-order valence-corrected chi connectivity index (χ0v) is 37.1. The topological polar surface area (TPSA) is 38.9 Å². The summed E-state index contributed by atoms with van der Waals surface area (Å²) in [4.78, 5) is 2.39. The van der Waals surface area contributed by atoms with Crippen LogP contribution < -0.4 is 4.90 Å². The molecule has 320 valence electrons. The number of anilines is 3. The fraction of sp³-hybridized carbons (Fsp3) is 0.0159. The monoisotopic (exact) mass is 869 g/mol. The van der Waals surface area contributed by atoms with Gasteiger partial charge in [-0.1, -0.05) is 188 Å². The fourth-order valence-corrected chi connectivity index (χ4v) is 10.8. The molecule has 10 aromatic carbocycles. The number of hydrogen-bond acceptors (Lipinski definition) is 3. The maximum atomic E-state index is 4.87. The average molecular weight is 870 g/mol. The number of rotatable bonds is 9. The van der Waals surface area contributed by atoms with Gasteiger partial charge in [0.05, 0.1) is 16.4 Å². The van der Waals surface area contributed by atoms with Crippen LogP contribution in [0.4, 0.5) is 17.1 Å². The van der Waals surface area contributed by atoms with Crippen molar-refractivity contribution in [1.82, 2.24) is 19.3 Å². The van der Waals surface area contributed by atoms with Gasteiger partial charge in [-0.05, 0) is 106 Å². The molecule has 0 spiro atoms. The molecule has 0 amide bonds. The maximum Gasteiger partial charge on any atom is 0.168 e. The predicted molar refractivity (Wildman–Crippen MR) is 279 cm³/mol. The van der Waals surface area contributed by atoms with E-state index in [0.717, 1.165) is 51.2 Å². The van der Waals surface area contributed by atoms with Crippen LogP contribution in [0, 0.1) is 0 Å². The second-order valence-electron chi connectivity index (χ2n) is 17.4. The second kappa shape index (κ2) is 16.1. The molecular weight excluding hydrogens is 827 g/mol. The lowest BCUT2D eigenvalue weighted by atomic mass is 9.67. The van der Waals surface area contributed by atoms with Crippen LogP contribution in [0.25, 0.3) is 67.1 Å². The van der Waals surface area contributed by atoms with E-state index in [4.69, 9.17) is 10.2 Å². The number of para-hydroxylation sites is 3. The van der Waals surface area contributed by atoms with Crippen molar-refractivity contribution < 1.29 is 0 Å². The smallest absolute Gasteiger partial charge is 0.168 e. The molecule has 0 radical (unpaired) electrons. The van der Waals surface area contributed by atoms with E-state index in [1.807, 2.05) is 12.1 Å². The summed E-state index contributed by atoms with van der Waals surface area (Å²) in [6.45, 7) is 0. The van der Waals surface area contributed by atoms with Crippen LogP contribution in [-0.2, 0) is 5.41 Å². The summed E-state index contributed by atoms with van der Waals surface area (Å²) in [6.07, 6.45) is 0. The lowest BCUT2D eigenvalue weighted by molar-refractivity contribution is 0.767. The van der Waals surface area contributed by atoms with Crippen molar-refractivity contribution in [2.45, 2.75) is 5.41 Å². The SMILES string of the molecule is c1ccc(-c2nnc(-c3ccccc3)n2-c2ccc3c(c2)C(c2ccccc2)(c2ccccc2)c2cc(N(c4ccccc4)c4ccc(-n5c6ccccc6c6ccccc65)cc4)ccc2-3)cc1. The summed E-state index contributed by atoms with van der Waals surface area (Å²) in [7, 11) is 0. The number of aromatic nitrogens is 4. The van der Waals surface area contributed by atoms with Crippen molar-refractivity contribution in [2.24, 2.45) is 0 Å². The number of benzene rings is 10. The molecule has 2 aromatic heterocycles. The van der Waals surface area contributed by atoms with Gasteiger partial charge in [0.1, 0.15) is 0 Å². The zero-order chi connectivity index (χ0) is 45.0. The van der Waals surface area contributed by atoms with Crippen molar-refractivity contribution in [2.75, 3.05) is 4.90 Å². The van der Waals surface area contributed by atoms with Gasteiger partial charge in [-0.3, -0.25) is 4.57 Å². The minimum atomic E-state index is -0.685. The first kappa shape index (κ1) is 39.3. The molecule has 13 rings (SSSR count). The maximum absolute atomic E-state index is 4.87. The van der Waals surface area contributed by atoms with Crippen LogP contribution in [0.2, 0.25) is 0 Å². The van der Waals surface area contributed by atoms with Gasteiger partial charge >= 0.3 is 0 Å². The van der Waals surface area contributed by atoms with Crippen molar-refractivity contribution in [1.29, 1.82) is 0 Å². The molecule has 0 fully saturated rings. The largest absolute Gasteiger partial charge is 0.310 e. The summed E-state index contributed by atoms with van der Waals surface area (Å²) >= 11 is 0. The van der Waals surface area contributed by atoms with E-state index in [-0.39, 0.29) is 0 Å². The summed E-state index contributed by atoms with van der Waals surface area (Å²) in [5.74, 6) is 1.57. The summed E-state index contributed by atoms with van der Waals surface area (Å²) in [5.41, 5.74) is 16.2. The Morgan fingerprint density at radius 2 is 0.735 bits per heavy atom. The van der Waals surface area contributed by atoms with E-state index in [0.29, 0.717) is 0 Å². The quantitative estimate of drug-likeness (QED) is 0.145. The predicted octanol–water partition coefficient (Wildman–Crippen LogP) is 15.5. The molecular formula is C63H43N5. The highest BCUT2D eigenvalue weighted by Gasteiger charge is 2.47. The molecule has 0 atom stereocenters. The van der Waals surface area contributed by atoms with Crippen LogP contribution in [0.3, 0.4) is 0 Å². The summed E-state index contributed by atoms with van der Waals surface area (Å²) in [6, 6.07) is 93.9. The van der Waals surface area contributed by atoms with Gasteiger partial charge in [0.25, 0.3) is 0 Å². The third-order valence-electron chi connectivity index (χ3n) is 13.7.